The molecule has 0 bridgehead atoms. The molecule has 1 aromatic rings. The lowest BCUT2D eigenvalue weighted by Crippen LogP contribution is -2.27. The zero-order chi connectivity index (χ0) is 17.8. The topological polar surface area (TPSA) is 73.3 Å². The number of aryl methyl sites for hydroxylation is 1. The molecule has 0 aliphatic carbocycles. The summed E-state index contributed by atoms with van der Waals surface area (Å²) in [5, 5.41) is 3.44. The normalized spacial score (nSPS) is 21.8. The highest BCUT2D eigenvalue weighted by molar-refractivity contribution is 7.91. The quantitative estimate of drug-likeness (QED) is 0.748. The molecule has 25 heavy (non-hydrogen) atoms. The monoisotopic (exact) mass is 366 g/mol. The average molecular weight is 367 g/mol. The molecule has 0 radical (unpaired) electrons. The highest BCUT2D eigenvalue weighted by Gasteiger charge is 2.32. The maximum Gasteiger partial charge on any atom is 0.227 e. The van der Waals surface area contributed by atoms with Gasteiger partial charge in [0, 0.05) is 39.3 Å². The summed E-state index contributed by atoms with van der Waals surface area (Å²) in [6.07, 6.45) is 5.22. The van der Waals surface area contributed by atoms with E-state index in [4.69, 9.17) is 14.7 Å². The maximum absolute atomic E-state index is 12.3. The zero-order valence-corrected chi connectivity index (χ0v) is 16.4. The number of hydrogen-bond acceptors (Lipinski definition) is 6. The molecule has 1 unspecified atom stereocenters. The Balaban J connectivity index is 1.73. The number of nitrogens with zero attached hydrogens (tertiary/aromatic N) is 3. The van der Waals surface area contributed by atoms with E-state index < -0.39 is 11.2 Å². The van der Waals surface area contributed by atoms with Crippen LogP contribution in [0.15, 0.2) is 4.90 Å². The van der Waals surface area contributed by atoms with Crippen LogP contribution in [0, 0.1) is 5.92 Å². The van der Waals surface area contributed by atoms with Crippen molar-refractivity contribution in [1.29, 1.82) is 0 Å². The van der Waals surface area contributed by atoms with Crippen molar-refractivity contribution in [3.8, 4) is 0 Å². The second-order valence-electron chi connectivity index (χ2n) is 7.17. The lowest BCUT2D eigenvalue weighted by Gasteiger charge is -2.25. The molecule has 2 aliphatic heterocycles. The molecule has 0 aromatic carbocycles. The van der Waals surface area contributed by atoms with Crippen LogP contribution in [0.2, 0.25) is 0 Å². The van der Waals surface area contributed by atoms with Gasteiger partial charge in [-0.25, -0.2) is 4.98 Å². The van der Waals surface area contributed by atoms with Crippen LogP contribution < -0.4 is 10.2 Å². The van der Waals surface area contributed by atoms with Gasteiger partial charge in [0.25, 0.3) is 0 Å². The van der Waals surface area contributed by atoms with E-state index in [1.165, 1.54) is 0 Å². The van der Waals surface area contributed by atoms with Gasteiger partial charge in [-0.1, -0.05) is 6.92 Å². The third-order valence-corrected chi connectivity index (χ3v) is 6.69. The van der Waals surface area contributed by atoms with Crippen LogP contribution in [-0.4, -0.2) is 53.1 Å². The Hall–Kier alpha value is -1.05. The molecule has 1 N–H and O–H groups in total. The van der Waals surface area contributed by atoms with E-state index in [0.717, 1.165) is 80.1 Å². The van der Waals surface area contributed by atoms with Gasteiger partial charge in [0.15, 0.2) is 5.82 Å². The van der Waals surface area contributed by atoms with Crippen molar-refractivity contribution in [2.45, 2.75) is 56.9 Å². The van der Waals surface area contributed by atoms with E-state index in [2.05, 4.69) is 31.1 Å². The second-order valence-corrected chi connectivity index (χ2v) is 8.67. The van der Waals surface area contributed by atoms with Gasteiger partial charge < -0.3 is 19.5 Å². The molecule has 3 rings (SSSR count). The van der Waals surface area contributed by atoms with E-state index in [1.54, 1.807) is 0 Å². The Morgan fingerprint density at radius 3 is 2.84 bits per heavy atom. The average Bonchev–Trinajstić information content (AvgIpc) is 3.01. The van der Waals surface area contributed by atoms with Gasteiger partial charge in [-0.15, -0.1) is 0 Å². The summed E-state index contributed by atoms with van der Waals surface area (Å²) in [4.78, 5) is 12.4. The molecule has 140 valence electrons. The van der Waals surface area contributed by atoms with E-state index in [0.29, 0.717) is 11.8 Å². The first kappa shape index (κ1) is 18.7. The highest BCUT2D eigenvalue weighted by atomic mass is 32.2. The van der Waals surface area contributed by atoms with Crippen LogP contribution in [0.3, 0.4) is 0 Å². The van der Waals surface area contributed by atoms with E-state index in [1.807, 2.05) is 0 Å². The van der Waals surface area contributed by atoms with Gasteiger partial charge in [-0.3, -0.25) is 0 Å². The molecule has 1 aromatic heterocycles. The first-order valence-corrected chi connectivity index (χ1v) is 10.7. The van der Waals surface area contributed by atoms with Crippen LogP contribution in [0.1, 0.15) is 45.2 Å². The number of ether oxygens (including phenoxy) is 1. The molecule has 1 saturated heterocycles. The Morgan fingerprint density at radius 2 is 2.12 bits per heavy atom. The predicted octanol–water partition coefficient (Wildman–Crippen LogP) is 2.60. The van der Waals surface area contributed by atoms with Gasteiger partial charge in [0.2, 0.25) is 10.8 Å². The van der Waals surface area contributed by atoms with Crippen molar-refractivity contribution < 1.29 is 9.29 Å². The van der Waals surface area contributed by atoms with Crippen molar-refractivity contribution in [3.63, 3.8) is 0 Å². The van der Waals surface area contributed by atoms with Gasteiger partial charge >= 0.3 is 0 Å². The number of anilines is 2. The second kappa shape index (κ2) is 8.56. The molecule has 6 nitrogen and oxygen atoms in total. The number of rotatable bonds is 7. The van der Waals surface area contributed by atoms with Crippen LogP contribution in [0.4, 0.5) is 11.8 Å². The van der Waals surface area contributed by atoms with E-state index in [-0.39, 0.29) is 0 Å². The number of nitrogens with one attached hydrogen (secondary N) is 1. The maximum atomic E-state index is 12.3. The van der Waals surface area contributed by atoms with Crippen molar-refractivity contribution in [3.05, 3.63) is 5.69 Å². The number of fused-ring (bicyclic) bond motifs is 1. The number of hydrogen-bond donors (Lipinski definition) is 1. The van der Waals surface area contributed by atoms with Crippen molar-refractivity contribution in [2.75, 3.05) is 42.8 Å². The Labute approximate surface area is 153 Å². The summed E-state index contributed by atoms with van der Waals surface area (Å²) in [6, 6.07) is 0.303. The lowest BCUT2D eigenvalue weighted by atomic mass is 9.96. The lowest BCUT2D eigenvalue weighted by molar-refractivity contribution is 0.0645. The van der Waals surface area contributed by atoms with Crippen molar-refractivity contribution in [1.82, 2.24) is 9.97 Å². The summed E-state index contributed by atoms with van der Waals surface area (Å²) in [5.74, 6) is 2.91. The third kappa shape index (κ3) is 4.57. The molecule has 2 aliphatic rings. The Kier molecular flexibility index (Phi) is 6.41. The molecule has 7 heteroatoms. The van der Waals surface area contributed by atoms with Crippen LogP contribution in [0.5, 0.6) is 0 Å². The standard InChI is InChI=1S/C18H30N4O2S/c1-4-13(2)19-17-16-15(8-12-25(16)23)20-18(21-17)22(3)9-5-14-6-10-24-11-7-14/h13-14H,4-12H2,1-3H3,(H,19,20,21)/t13-,25?/m1/s1. The van der Waals surface area contributed by atoms with E-state index in [9.17, 15) is 4.55 Å². The smallest absolute Gasteiger partial charge is 0.227 e. The van der Waals surface area contributed by atoms with Gasteiger partial charge in [-0.2, -0.15) is 4.98 Å². The fourth-order valence-corrected chi connectivity index (χ4v) is 4.61. The Bertz CT molecular complexity index is 580. The molecule has 0 saturated carbocycles. The highest BCUT2D eigenvalue weighted by Crippen LogP contribution is 2.32. The molecular weight excluding hydrogens is 336 g/mol. The molecule has 0 amide bonds. The molecular formula is C18H30N4O2S. The SMILES string of the molecule is CC[C@@H](C)Nc1nc(N(C)CCC2CCOCC2)nc2c1[S+]([O-])CC2. The minimum atomic E-state index is -0.977. The minimum Gasteiger partial charge on any atom is -0.611 e. The largest absolute Gasteiger partial charge is 0.611 e. The van der Waals surface area contributed by atoms with Crippen LogP contribution >= 0.6 is 0 Å². The van der Waals surface area contributed by atoms with Crippen LogP contribution in [-0.2, 0) is 22.3 Å². The summed E-state index contributed by atoms with van der Waals surface area (Å²) in [6.45, 7) is 6.98. The summed E-state index contributed by atoms with van der Waals surface area (Å²) in [5.41, 5.74) is 0.951. The van der Waals surface area contributed by atoms with Gasteiger partial charge in [-0.05, 0) is 49.7 Å². The first-order valence-electron chi connectivity index (χ1n) is 9.43. The van der Waals surface area contributed by atoms with Gasteiger partial charge in [0.05, 0.1) is 0 Å². The molecule has 0 spiro atoms. The molecule has 2 atom stereocenters. The summed E-state index contributed by atoms with van der Waals surface area (Å²) in [7, 11) is 2.06. The third-order valence-electron chi connectivity index (χ3n) is 5.23. The molecule has 3 heterocycles. The fourth-order valence-electron chi connectivity index (χ4n) is 3.30. The predicted molar refractivity (Wildman–Crippen MR) is 102 cm³/mol. The number of aromatic nitrogens is 2. The fraction of sp³-hybridized carbons (Fsp3) is 0.778. The molecule has 1 fully saturated rings. The van der Waals surface area contributed by atoms with Crippen LogP contribution in [0.25, 0.3) is 0 Å². The Morgan fingerprint density at radius 1 is 1.36 bits per heavy atom. The minimum absolute atomic E-state index is 0.303. The van der Waals surface area contributed by atoms with Crippen molar-refractivity contribution >= 4 is 22.9 Å². The van der Waals surface area contributed by atoms with Crippen molar-refractivity contribution in [2.24, 2.45) is 5.92 Å². The zero-order valence-electron chi connectivity index (χ0n) is 15.6. The van der Waals surface area contributed by atoms with Gasteiger partial charge in [0.1, 0.15) is 11.4 Å². The summed E-state index contributed by atoms with van der Waals surface area (Å²) < 4.78 is 17.8. The first-order chi connectivity index (χ1) is 12.1. The summed E-state index contributed by atoms with van der Waals surface area (Å²) >= 11 is -0.977. The van der Waals surface area contributed by atoms with E-state index >= 15 is 0 Å².